The first kappa shape index (κ1) is 15.5. The summed E-state index contributed by atoms with van der Waals surface area (Å²) in [4.78, 5) is 2.44. The molecular weight excluding hydrogens is 298 g/mol. The molecule has 1 aliphatic carbocycles. The van der Waals surface area contributed by atoms with Gasteiger partial charge in [0, 0.05) is 18.5 Å². The van der Waals surface area contributed by atoms with Crippen molar-refractivity contribution in [1.29, 1.82) is 0 Å². The highest BCUT2D eigenvalue weighted by Crippen LogP contribution is 2.63. The number of para-hydroxylation sites is 1. The topological polar surface area (TPSA) is 32.7 Å². The van der Waals surface area contributed by atoms with Gasteiger partial charge in [-0.2, -0.15) is 0 Å². The zero-order valence-corrected chi connectivity index (χ0v) is 14.2. The maximum Gasteiger partial charge on any atom is 0.142 e. The average Bonchev–Trinajstić information content (AvgIpc) is 3.38. The molecule has 1 atom stereocenters. The largest absolute Gasteiger partial charge is 0.508 e. The van der Waals surface area contributed by atoms with E-state index in [9.17, 15) is 5.11 Å². The lowest BCUT2D eigenvalue weighted by Crippen LogP contribution is -2.50. The Kier molecular flexibility index (Phi) is 3.76. The highest BCUT2D eigenvalue weighted by atomic mass is 16.5. The van der Waals surface area contributed by atoms with Crippen molar-refractivity contribution in [1.82, 2.24) is 4.90 Å². The zero-order chi connectivity index (χ0) is 16.6. The molecule has 1 N–H and O–H groups in total. The molecule has 0 aromatic heterocycles. The van der Waals surface area contributed by atoms with Crippen molar-refractivity contribution in [3.63, 3.8) is 0 Å². The number of rotatable bonds is 4. The number of nitrogens with zero attached hydrogens (tertiary/aromatic N) is 1. The van der Waals surface area contributed by atoms with Gasteiger partial charge in [-0.25, -0.2) is 0 Å². The van der Waals surface area contributed by atoms with E-state index in [1.807, 2.05) is 42.5 Å². The van der Waals surface area contributed by atoms with Crippen molar-refractivity contribution in [3.05, 3.63) is 60.2 Å². The fraction of sp³-hybridized carbons (Fsp3) is 0.429. The van der Waals surface area contributed by atoms with Crippen molar-refractivity contribution in [3.8, 4) is 11.5 Å². The molecule has 2 aromatic carbocycles. The molecule has 0 bridgehead atoms. The van der Waals surface area contributed by atoms with Crippen molar-refractivity contribution in [2.24, 2.45) is 5.41 Å². The summed E-state index contributed by atoms with van der Waals surface area (Å²) in [6, 6.07) is 17.9. The molecule has 2 aromatic rings. The second-order valence-corrected chi connectivity index (χ2v) is 7.55. The van der Waals surface area contributed by atoms with Gasteiger partial charge in [-0.3, -0.25) is 4.90 Å². The number of ether oxygens (including phenoxy) is 1. The van der Waals surface area contributed by atoms with E-state index < -0.39 is 0 Å². The fourth-order valence-electron chi connectivity index (χ4n) is 4.28. The molecule has 4 rings (SSSR count). The van der Waals surface area contributed by atoms with E-state index >= 15 is 0 Å². The molecule has 0 radical (unpaired) electrons. The van der Waals surface area contributed by atoms with E-state index in [1.54, 1.807) is 6.07 Å². The van der Waals surface area contributed by atoms with E-state index in [0.717, 1.165) is 25.3 Å². The SMILES string of the molecule is C[C@@]1(c2cccc(O)c2)CCN(COc2ccccc2)CC12CC2. The molecule has 24 heavy (non-hydrogen) atoms. The second kappa shape index (κ2) is 5.82. The van der Waals surface area contributed by atoms with Crippen LogP contribution in [0.3, 0.4) is 0 Å². The molecule has 0 amide bonds. The first-order chi connectivity index (χ1) is 11.6. The summed E-state index contributed by atoms with van der Waals surface area (Å²) >= 11 is 0. The highest BCUT2D eigenvalue weighted by molar-refractivity contribution is 5.37. The van der Waals surface area contributed by atoms with Crippen LogP contribution in [-0.2, 0) is 5.41 Å². The minimum Gasteiger partial charge on any atom is -0.508 e. The molecule has 3 heteroatoms. The van der Waals surface area contributed by atoms with Crippen LogP contribution in [0.25, 0.3) is 0 Å². The molecule has 1 heterocycles. The molecule has 2 aliphatic rings. The van der Waals surface area contributed by atoms with Crippen LogP contribution in [0.2, 0.25) is 0 Å². The van der Waals surface area contributed by atoms with Crippen molar-refractivity contribution < 1.29 is 9.84 Å². The van der Waals surface area contributed by atoms with Gasteiger partial charge in [0.25, 0.3) is 0 Å². The summed E-state index contributed by atoms with van der Waals surface area (Å²) in [7, 11) is 0. The molecule has 1 spiro atoms. The van der Waals surface area contributed by atoms with Crippen LogP contribution in [0.15, 0.2) is 54.6 Å². The van der Waals surface area contributed by atoms with Crippen molar-refractivity contribution in [2.75, 3.05) is 19.8 Å². The quantitative estimate of drug-likeness (QED) is 0.916. The van der Waals surface area contributed by atoms with Crippen LogP contribution in [0.1, 0.15) is 31.7 Å². The lowest BCUT2D eigenvalue weighted by atomic mass is 9.65. The number of phenolic OH excluding ortho intramolecular Hbond substituents is 1. The minimum atomic E-state index is 0.148. The molecule has 0 unspecified atom stereocenters. The minimum absolute atomic E-state index is 0.148. The van der Waals surface area contributed by atoms with E-state index in [0.29, 0.717) is 17.9 Å². The molecule has 2 fully saturated rings. The van der Waals surface area contributed by atoms with Gasteiger partial charge in [0.15, 0.2) is 0 Å². The van der Waals surface area contributed by atoms with Crippen LogP contribution in [0.4, 0.5) is 0 Å². The first-order valence-electron chi connectivity index (χ1n) is 8.81. The zero-order valence-electron chi connectivity index (χ0n) is 14.2. The molecule has 3 nitrogen and oxygen atoms in total. The van der Waals surface area contributed by atoms with Crippen LogP contribution in [-0.4, -0.2) is 29.8 Å². The number of hydrogen-bond acceptors (Lipinski definition) is 3. The summed E-state index contributed by atoms with van der Waals surface area (Å²) in [5.74, 6) is 1.31. The Balaban J connectivity index is 1.47. The van der Waals surface area contributed by atoms with Gasteiger partial charge in [0.1, 0.15) is 18.2 Å². The maximum absolute atomic E-state index is 9.88. The van der Waals surface area contributed by atoms with Crippen LogP contribution in [0, 0.1) is 5.41 Å². The normalized spacial score (nSPS) is 25.5. The lowest BCUT2D eigenvalue weighted by molar-refractivity contribution is 0.0307. The number of piperidine rings is 1. The Labute approximate surface area is 143 Å². The predicted molar refractivity (Wildman–Crippen MR) is 95.3 cm³/mol. The van der Waals surface area contributed by atoms with E-state index in [-0.39, 0.29) is 5.41 Å². The molecule has 126 valence electrons. The average molecular weight is 323 g/mol. The lowest BCUT2D eigenvalue weighted by Gasteiger charge is -2.47. The smallest absolute Gasteiger partial charge is 0.142 e. The van der Waals surface area contributed by atoms with E-state index in [2.05, 4.69) is 17.9 Å². The van der Waals surface area contributed by atoms with E-state index in [1.165, 1.54) is 18.4 Å². The summed E-state index contributed by atoms with van der Waals surface area (Å²) < 4.78 is 5.95. The number of phenols is 1. The predicted octanol–water partition coefficient (Wildman–Crippen LogP) is 4.17. The highest BCUT2D eigenvalue weighted by Gasteiger charge is 2.59. The number of hydrogen-bond donors (Lipinski definition) is 1. The fourth-order valence-corrected chi connectivity index (χ4v) is 4.28. The van der Waals surface area contributed by atoms with E-state index in [4.69, 9.17) is 4.74 Å². The standard InChI is InChI=1S/C21H25NO2/c1-20(17-6-5-7-18(23)14-17)12-13-22(15-21(20)10-11-21)16-24-19-8-3-2-4-9-19/h2-9,14,23H,10-13,15-16H2,1H3/t20-/m0/s1. The summed E-state index contributed by atoms with van der Waals surface area (Å²) in [5.41, 5.74) is 1.76. The van der Waals surface area contributed by atoms with Gasteiger partial charge >= 0.3 is 0 Å². The first-order valence-corrected chi connectivity index (χ1v) is 8.81. The monoisotopic (exact) mass is 323 g/mol. The third-order valence-corrected chi connectivity index (χ3v) is 6.12. The van der Waals surface area contributed by atoms with Gasteiger partial charge in [-0.15, -0.1) is 0 Å². The Morgan fingerprint density at radius 1 is 1.04 bits per heavy atom. The van der Waals surface area contributed by atoms with Gasteiger partial charge in [0.2, 0.25) is 0 Å². The third kappa shape index (κ3) is 2.67. The second-order valence-electron chi connectivity index (χ2n) is 7.55. The van der Waals surface area contributed by atoms with Crippen molar-refractivity contribution >= 4 is 0 Å². The summed E-state index contributed by atoms with van der Waals surface area (Å²) in [6.07, 6.45) is 3.64. The Morgan fingerprint density at radius 3 is 2.54 bits per heavy atom. The van der Waals surface area contributed by atoms with Crippen LogP contribution in [0.5, 0.6) is 11.5 Å². The van der Waals surface area contributed by atoms with Gasteiger partial charge in [-0.05, 0) is 54.5 Å². The number of benzene rings is 2. The number of aromatic hydroxyl groups is 1. The summed E-state index contributed by atoms with van der Waals surface area (Å²) in [5, 5.41) is 9.88. The van der Waals surface area contributed by atoms with Gasteiger partial charge < -0.3 is 9.84 Å². The van der Waals surface area contributed by atoms with Gasteiger partial charge in [0.05, 0.1) is 0 Å². The molecular formula is C21H25NO2. The molecule has 1 saturated carbocycles. The van der Waals surface area contributed by atoms with Crippen LogP contribution < -0.4 is 4.74 Å². The van der Waals surface area contributed by atoms with Gasteiger partial charge in [-0.1, -0.05) is 37.3 Å². The molecule has 1 aliphatic heterocycles. The Hall–Kier alpha value is -2.00. The van der Waals surface area contributed by atoms with Crippen molar-refractivity contribution in [2.45, 2.75) is 31.6 Å². The third-order valence-electron chi connectivity index (χ3n) is 6.12. The van der Waals surface area contributed by atoms with Crippen LogP contribution >= 0.6 is 0 Å². The number of likely N-dealkylation sites (tertiary alicyclic amines) is 1. The molecule has 1 saturated heterocycles. The maximum atomic E-state index is 9.88. The summed E-state index contributed by atoms with van der Waals surface area (Å²) in [6.45, 7) is 5.14. The Bertz CT molecular complexity index is 711. The Morgan fingerprint density at radius 2 is 1.83 bits per heavy atom.